The first kappa shape index (κ1) is 20.0. The number of sulfonamides is 1. The van der Waals surface area contributed by atoms with Crippen molar-refractivity contribution in [2.75, 3.05) is 18.5 Å². The standard InChI is InChI=1S/C18H16F2N2O4S2/c1-25-13-4-3-12(17(9-13)26-2)11-22(18-21-7-8-27-18)28(23,24)14-5-6-15(19)16(20)10-14/h3-10H,11H2,1-2H3. The molecule has 0 atom stereocenters. The van der Waals surface area contributed by atoms with Crippen molar-refractivity contribution >= 4 is 26.5 Å². The zero-order chi connectivity index (χ0) is 20.3. The Bertz CT molecular complexity index is 1070. The molecule has 10 heteroatoms. The number of hydrogen-bond donors (Lipinski definition) is 0. The Hall–Kier alpha value is -2.72. The molecule has 2 aromatic carbocycles. The van der Waals surface area contributed by atoms with Crippen LogP contribution in [0.25, 0.3) is 0 Å². The first-order chi connectivity index (χ1) is 13.4. The molecule has 0 radical (unpaired) electrons. The lowest BCUT2D eigenvalue weighted by atomic mass is 10.2. The zero-order valence-corrected chi connectivity index (χ0v) is 16.6. The Kier molecular flexibility index (Phi) is 5.80. The van der Waals surface area contributed by atoms with E-state index in [4.69, 9.17) is 9.47 Å². The van der Waals surface area contributed by atoms with E-state index in [-0.39, 0.29) is 16.6 Å². The lowest BCUT2D eigenvalue weighted by Gasteiger charge is -2.23. The highest BCUT2D eigenvalue weighted by atomic mass is 32.2. The molecule has 148 valence electrons. The highest BCUT2D eigenvalue weighted by Crippen LogP contribution is 2.32. The van der Waals surface area contributed by atoms with E-state index in [1.807, 2.05) is 0 Å². The van der Waals surface area contributed by atoms with Crippen molar-refractivity contribution in [2.45, 2.75) is 11.4 Å². The van der Waals surface area contributed by atoms with Crippen LogP contribution in [-0.2, 0) is 16.6 Å². The maximum absolute atomic E-state index is 13.6. The van der Waals surface area contributed by atoms with Crippen molar-refractivity contribution in [1.82, 2.24) is 4.98 Å². The predicted molar refractivity (Wildman–Crippen MR) is 101 cm³/mol. The molecule has 0 bridgehead atoms. The lowest BCUT2D eigenvalue weighted by molar-refractivity contribution is 0.391. The number of rotatable bonds is 7. The first-order valence-corrected chi connectivity index (χ1v) is 10.3. The molecule has 0 N–H and O–H groups in total. The van der Waals surface area contributed by atoms with Gasteiger partial charge in [0.05, 0.1) is 25.7 Å². The SMILES string of the molecule is COc1ccc(CN(c2nccs2)S(=O)(=O)c2ccc(F)c(F)c2)c(OC)c1. The number of aromatic nitrogens is 1. The van der Waals surface area contributed by atoms with Crippen LogP contribution in [0.15, 0.2) is 52.9 Å². The van der Waals surface area contributed by atoms with Gasteiger partial charge >= 0.3 is 0 Å². The molecule has 3 aromatic rings. The molecular weight excluding hydrogens is 410 g/mol. The Morgan fingerprint density at radius 2 is 1.86 bits per heavy atom. The fraction of sp³-hybridized carbons (Fsp3) is 0.167. The second-order valence-corrected chi connectivity index (χ2v) is 8.32. The molecule has 3 rings (SSSR count). The summed E-state index contributed by atoms with van der Waals surface area (Å²) in [6.45, 7) is -0.123. The predicted octanol–water partition coefficient (Wildman–Crippen LogP) is 3.83. The minimum Gasteiger partial charge on any atom is -0.497 e. The van der Waals surface area contributed by atoms with Crippen LogP contribution in [0.2, 0.25) is 0 Å². The molecule has 0 spiro atoms. The first-order valence-electron chi connectivity index (χ1n) is 7.95. The van der Waals surface area contributed by atoms with Crippen LogP contribution in [0.4, 0.5) is 13.9 Å². The van der Waals surface area contributed by atoms with E-state index >= 15 is 0 Å². The van der Waals surface area contributed by atoms with Crippen LogP contribution < -0.4 is 13.8 Å². The summed E-state index contributed by atoms with van der Waals surface area (Å²) in [7, 11) is -1.26. The van der Waals surface area contributed by atoms with Gasteiger partial charge in [0.2, 0.25) is 0 Å². The van der Waals surface area contributed by atoms with Crippen molar-refractivity contribution in [2.24, 2.45) is 0 Å². The van der Waals surface area contributed by atoms with Crippen molar-refractivity contribution in [1.29, 1.82) is 0 Å². The van der Waals surface area contributed by atoms with E-state index in [2.05, 4.69) is 4.98 Å². The van der Waals surface area contributed by atoms with E-state index in [9.17, 15) is 17.2 Å². The fourth-order valence-electron chi connectivity index (χ4n) is 2.50. The van der Waals surface area contributed by atoms with Crippen LogP contribution in [0.5, 0.6) is 11.5 Å². The normalized spacial score (nSPS) is 11.3. The Morgan fingerprint density at radius 3 is 2.46 bits per heavy atom. The van der Waals surface area contributed by atoms with Crippen molar-refractivity contribution in [3.8, 4) is 11.5 Å². The van der Waals surface area contributed by atoms with Gasteiger partial charge in [-0.3, -0.25) is 0 Å². The smallest absolute Gasteiger partial charge is 0.266 e. The molecule has 6 nitrogen and oxygen atoms in total. The Labute approximate surface area is 165 Å². The minimum atomic E-state index is -4.21. The molecular formula is C18H16F2N2O4S2. The van der Waals surface area contributed by atoms with E-state index in [0.717, 1.165) is 27.8 Å². The molecule has 0 fully saturated rings. The van der Waals surface area contributed by atoms with Gasteiger partial charge in [0.25, 0.3) is 10.0 Å². The molecule has 1 aromatic heterocycles. The van der Waals surface area contributed by atoms with Crippen molar-refractivity contribution in [3.05, 3.63) is 65.2 Å². The maximum atomic E-state index is 13.6. The second-order valence-electron chi connectivity index (χ2n) is 5.58. The minimum absolute atomic E-state index is 0.123. The highest BCUT2D eigenvalue weighted by Gasteiger charge is 2.29. The number of ether oxygens (including phenoxy) is 2. The van der Waals surface area contributed by atoms with Crippen molar-refractivity contribution in [3.63, 3.8) is 0 Å². The third-order valence-corrected chi connectivity index (χ3v) is 6.56. The lowest BCUT2D eigenvalue weighted by Crippen LogP contribution is -2.30. The molecule has 0 unspecified atom stereocenters. The molecule has 0 aliphatic carbocycles. The van der Waals surface area contributed by atoms with Gasteiger partial charge in [0.1, 0.15) is 11.5 Å². The van der Waals surface area contributed by atoms with Crippen LogP contribution in [-0.4, -0.2) is 27.6 Å². The van der Waals surface area contributed by atoms with E-state index in [0.29, 0.717) is 23.1 Å². The quantitative estimate of drug-likeness (QED) is 0.574. The largest absolute Gasteiger partial charge is 0.497 e. The van der Waals surface area contributed by atoms with Gasteiger partial charge in [0.15, 0.2) is 16.8 Å². The van der Waals surface area contributed by atoms with E-state index in [1.54, 1.807) is 23.6 Å². The number of thiazole rings is 1. The number of halogens is 2. The Balaban J connectivity index is 2.07. The molecule has 0 amide bonds. The van der Waals surface area contributed by atoms with Gasteiger partial charge in [-0.25, -0.2) is 26.5 Å². The molecule has 1 heterocycles. The molecule has 0 aliphatic rings. The van der Waals surface area contributed by atoms with Gasteiger partial charge in [-0.15, -0.1) is 11.3 Å². The summed E-state index contributed by atoms with van der Waals surface area (Å²) in [6.07, 6.45) is 1.46. The third-order valence-electron chi connectivity index (χ3n) is 3.92. The number of benzene rings is 2. The summed E-state index contributed by atoms with van der Waals surface area (Å²) in [6, 6.07) is 7.40. The molecule has 28 heavy (non-hydrogen) atoms. The van der Waals surface area contributed by atoms with E-state index in [1.165, 1.54) is 20.4 Å². The maximum Gasteiger partial charge on any atom is 0.266 e. The summed E-state index contributed by atoms with van der Waals surface area (Å²) in [5.41, 5.74) is 0.546. The average molecular weight is 426 g/mol. The zero-order valence-electron chi connectivity index (χ0n) is 14.9. The van der Waals surface area contributed by atoms with Crippen LogP contribution in [0.1, 0.15) is 5.56 Å². The molecule has 0 saturated carbocycles. The van der Waals surface area contributed by atoms with Crippen LogP contribution in [0, 0.1) is 11.6 Å². The van der Waals surface area contributed by atoms with Gasteiger partial charge < -0.3 is 9.47 Å². The van der Waals surface area contributed by atoms with Gasteiger partial charge in [-0.05, 0) is 30.3 Å². The van der Waals surface area contributed by atoms with Gasteiger partial charge in [-0.1, -0.05) is 0 Å². The van der Waals surface area contributed by atoms with Gasteiger partial charge in [0, 0.05) is 23.2 Å². The summed E-state index contributed by atoms with van der Waals surface area (Å²) < 4.78 is 64.7. The summed E-state index contributed by atoms with van der Waals surface area (Å²) >= 11 is 1.10. The topological polar surface area (TPSA) is 68.7 Å². The monoisotopic (exact) mass is 426 g/mol. The van der Waals surface area contributed by atoms with Crippen LogP contribution >= 0.6 is 11.3 Å². The molecule has 0 saturated heterocycles. The van der Waals surface area contributed by atoms with E-state index < -0.39 is 21.7 Å². The number of anilines is 1. The number of hydrogen-bond acceptors (Lipinski definition) is 6. The number of nitrogens with zero attached hydrogens (tertiary/aromatic N) is 2. The average Bonchev–Trinajstić information content (AvgIpc) is 3.22. The summed E-state index contributed by atoms with van der Waals surface area (Å²) in [4.78, 5) is 3.69. The van der Waals surface area contributed by atoms with Gasteiger partial charge in [-0.2, -0.15) is 0 Å². The van der Waals surface area contributed by atoms with Crippen LogP contribution in [0.3, 0.4) is 0 Å². The number of methoxy groups -OCH3 is 2. The Morgan fingerprint density at radius 1 is 1.07 bits per heavy atom. The molecule has 0 aliphatic heterocycles. The van der Waals surface area contributed by atoms with Crippen molar-refractivity contribution < 1.29 is 26.7 Å². The summed E-state index contributed by atoms with van der Waals surface area (Å²) in [5.74, 6) is -1.41. The highest BCUT2D eigenvalue weighted by molar-refractivity contribution is 7.93. The third kappa shape index (κ3) is 3.92. The second kappa shape index (κ2) is 8.11. The fourth-order valence-corrected chi connectivity index (χ4v) is 4.78. The summed E-state index contributed by atoms with van der Waals surface area (Å²) in [5, 5.41) is 1.80.